The second-order valence-corrected chi connectivity index (χ2v) is 9.44. The molecule has 2 aromatic heterocycles. The van der Waals surface area contributed by atoms with Gasteiger partial charge in [-0.25, -0.2) is 12.8 Å². The van der Waals surface area contributed by atoms with Crippen molar-refractivity contribution >= 4 is 72.8 Å². The molecule has 0 radical (unpaired) electrons. The summed E-state index contributed by atoms with van der Waals surface area (Å²) < 4.78 is 44.7. The molecule has 3 aromatic rings. The molecule has 0 amide bonds. The van der Waals surface area contributed by atoms with Gasteiger partial charge >= 0.3 is 0 Å². The molecule has 0 saturated heterocycles. The van der Waals surface area contributed by atoms with Crippen molar-refractivity contribution in [3.05, 3.63) is 44.5 Å². The van der Waals surface area contributed by atoms with Crippen LogP contribution in [0.3, 0.4) is 0 Å². The van der Waals surface area contributed by atoms with Crippen molar-refractivity contribution in [3.63, 3.8) is 0 Å². The van der Waals surface area contributed by atoms with Crippen LogP contribution in [0.15, 0.2) is 28.5 Å². The van der Waals surface area contributed by atoms with E-state index in [0.29, 0.717) is 0 Å². The number of thiophene rings is 1. The highest BCUT2D eigenvalue weighted by atomic mass is 35.5. The van der Waals surface area contributed by atoms with E-state index in [9.17, 15) is 12.8 Å². The molecule has 5 nitrogen and oxygen atoms in total. The van der Waals surface area contributed by atoms with E-state index in [4.69, 9.17) is 34.8 Å². The van der Waals surface area contributed by atoms with Gasteiger partial charge in [-0.05, 0) is 18.2 Å². The van der Waals surface area contributed by atoms with Crippen LogP contribution in [0.4, 0.5) is 9.52 Å². The zero-order valence-corrected chi connectivity index (χ0v) is 16.0. The summed E-state index contributed by atoms with van der Waals surface area (Å²) in [5.41, 5.74) is 0.00285. The Labute approximate surface area is 159 Å². The molecule has 1 aromatic carbocycles. The Balaban J connectivity index is 1.92. The zero-order valence-electron chi connectivity index (χ0n) is 11.3. The third-order valence-electron chi connectivity index (χ3n) is 2.72. The topological polar surface area (TPSA) is 72.0 Å². The van der Waals surface area contributed by atoms with Crippen molar-refractivity contribution < 1.29 is 12.8 Å². The van der Waals surface area contributed by atoms with E-state index < -0.39 is 15.8 Å². The normalized spacial score (nSPS) is 11.7. The summed E-state index contributed by atoms with van der Waals surface area (Å²) in [6.45, 7) is 0. The van der Waals surface area contributed by atoms with E-state index in [1.807, 2.05) is 0 Å². The molecule has 2 heterocycles. The van der Waals surface area contributed by atoms with Gasteiger partial charge in [0.1, 0.15) is 14.4 Å². The van der Waals surface area contributed by atoms with E-state index >= 15 is 0 Å². The molecule has 0 unspecified atom stereocenters. The predicted molar refractivity (Wildman–Crippen MR) is 95.5 cm³/mol. The van der Waals surface area contributed by atoms with E-state index in [-0.39, 0.29) is 35.1 Å². The van der Waals surface area contributed by atoms with Crippen LogP contribution in [-0.4, -0.2) is 17.8 Å². The zero-order chi connectivity index (χ0) is 17.5. The minimum Gasteiger partial charge on any atom is -0.253 e. The van der Waals surface area contributed by atoms with Gasteiger partial charge in [-0.3, -0.25) is 4.72 Å². The highest BCUT2D eigenvalue weighted by Gasteiger charge is 2.22. The molecule has 24 heavy (non-hydrogen) atoms. The molecule has 0 saturated carbocycles. The van der Waals surface area contributed by atoms with Crippen LogP contribution in [0.5, 0.6) is 0 Å². The van der Waals surface area contributed by atoms with Crippen molar-refractivity contribution in [2.75, 3.05) is 4.72 Å². The first kappa shape index (κ1) is 17.8. The number of anilines is 1. The lowest BCUT2D eigenvalue weighted by atomic mass is 10.2. The molecule has 0 aliphatic rings. The maximum absolute atomic E-state index is 13.9. The first-order valence-corrected chi connectivity index (χ1v) is 10.2. The van der Waals surface area contributed by atoms with Crippen molar-refractivity contribution in [3.8, 4) is 11.4 Å². The monoisotopic (exact) mass is 443 g/mol. The van der Waals surface area contributed by atoms with Gasteiger partial charge in [0.25, 0.3) is 10.0 Å². The molecule has 0 fully saturated rings. The molecule has 0 aliphatic heterocycles. The van der Waals surface area contributed by atoms with Crippen molar-refractivity contribution in [1.82, 2.24) is 9.36 Å². The van der Waals surface area contributed by atoms with Gasteiger partial charge in [-0.2, -0.15) is 9.36 Å². The minimum atomic E-state index is -3.92. The first-order valence-electron chi connectivity index (χ1n) is 6.03. The molecule has 0 spiro atoms. The van der Waals surface area contributed by atoms with E-state index in [1.54, 1.807) is 0 Å². The average Bonchev–Trinajstić information content (AvgIpc) is 3.06. The Bertz CT molecular complexity index is 980. The van der Waals surface area contributed by atoms with Gasteiger partial charge in [-0.1, -0.05) is 40.9 Å². The Kier molecular flexibility index (Phi) is 5.01. The van der Waals surface area contributed by atoms with Crippen LogP contribution in [-0.2, 0) is 10.0 Å². The second kappa shape index (κ2) is 6.74. The van der Waals surface area contributed by atoms with Gasteiger partial charge < -0.3 is 0 Å². The number of hydrogen-bond acceptors (Lipinski definition) is 6. The third-order valence-corrected chi connectivity index (χ3v) is 7.47. The van der Waals surface area contributed by atoms with Crippen molar-refractivity contribution in [1.29, 1.82) is 0 Å². The summed E-state index contributed by atoms with van der Waals surface area (Å²) in [6, 6.07) is 5.37. The Morgan fingerprint density at radius 1 is 1.17 bits per heavy atom. The minimum absolute atomic E-state index is 0.00285. The van der Waals surface area contributed by atoms with Crippen LogP contribution in [0.1, 0.15) is 0 Å². The van der Waals surface area contributed by atoms with Gasteiger partial charge in [0.15, 0.2) is 5.82 Å². The molecule has 12 heteroatoms. The number of sulfonamides is 1. The summed E-state index contributed by atoms with van der Waals surface area (Å²) >= 11 is 19.0. The number of nitrogens with one attached hydrogen (secondary N) is 1. The maximum Gasteiger partial charge on any atom is 0.273 e. The fourth-order valence-corrected chi connectivity index (χ4v) is 5.63. The lowest BCUT2D eigenvalue weighted by Gasteiger charge is -2.02. The highest BCUT2D eigenvalue weighted by Crippen LogP contribution is 2.36. The summed E-state index contributed by atoms with van der Waals surface area (Å²) in [7, 11) is -3.92. The number of rotatable bonds is 4. The molecular weight excluding hydrogens is 440 g/mol. The molecule has 126 valence electrons. The largest absolute Gasteiger partial charge is 0.273 e. The molecule has 1 N–H and O–H groups in total. The highest BCUT2D eigenvalue weighted by molar-refractivity contribution is 7.95. The smallest absolute Gasteiger partial charge is 0.253 e. The Morgan fingerprint density at radius 2 is 1.92 bits per heavy atom. The second-order valence-electron chi connectivity index (χ2n) is 4.31. The Hall–Kier alpha value is -0.970. The lowest BCUT2D eigenvalue weighted by molar-refractivity contribution is 0.603. The fraction of sp³-hybridized carbons (Fsp3) is 0. The van der Waals surface area contributed by atoms with E-state index in [0.717, 1.165) is 22.9 Å². The van der Waals surface area contributed by atoms with Gasteiger partial charge in [0, 0.05) is 11.5 Å². The molecule has 0 bridgehead atoms. The van der Waals surface area contributed by atoms with Gasteiger partial charge in [-0.15, -0.1) is 11.3 Å². The lowest BCUT2D eigenvalue weighted by Crippen LogP contribution is -2.11. The van der Waals surface area contributed by atoms with Crippen LogP contribution in [0, 0.1) is 5.82 Å². The SMILES string of the molecule is O=S(=O)(Nc1nc(-c2c(F)cccc2Cl)ns1)c1cc(Cl)c(Cl)s1. The van der Waals surface area contributed by atoms with Crippen LogP contribution < -0.4 is 4.72 Å². The van der Waals surface area contributed by atoms with Crippen LogP contribution in [0.25, 0.3) is 11.4 Å². The van der Waals surface area contributed by atoms with Gasteiger partial charge in [0.2, 0.25) is 5.13 Å². The van der Waals surface area contributed by atoms with Crippen LogP contribution in [0.2, 0.25) is 14.4 Å². The number of halogens is 4. The van der Waals surface area contributed by atoms with Gasteiger partial charge in [0.05, 0.1) is 15.6 Å². The Morgan fingerprint density at radius 3 is 2.54 bits per heavy atom. The number of nitrogens with zero attached hydrogens (tertiary/aromatic N) is 2. The fourth-order valence-electron chi connectivity index (χ4n) is 1.70. The molecular formula is C12H5Cl3FN3O2S3. The summed E-state index contributed by atoms with van der Waals surface area (Å²) in [4.78, 5) is 3.97. The average molecular weight is 445 g/mol. The molecule has 3 rings (SSSR count). The predicted octanol–water partition coefficient (Wildman–Crippen LogP) is 5.17. The van der Waals surface area contributed by atoms with E-state index in [1.165, 1.54) is 24.3 Å². The maximum atomic E-state index is 13.9. The standard InChI is InChI=1S/C12H5Cl3FN3O2S3/c13-5-2-1-3-7(16)9(5)11-17-12(23-18-11)19-24(20,21)8-4-6(14)10(15)22-8/h1-4H,(H,17,18,19). The summed E-state index contributed by atoms with van der Waals surface area (Å²) in [6.07, 6.45) is 0. The quantitative estimate of drug-likeness (QED) is 0.603. The number of benzene rings is 1. The molecule has 0 aliphatic carbocycles. The van der Waals surface area contributed by atoms with Crippen LogP contribution >= 0.6 is 57.7 Å². The third kappa shape index (κ3) is 3.51. The molecule has 0 atom stereocenters. The number of hydrogen-bond donors (Lipinski definition) is 1. The van der Waals surface area contributed by atoms with Crippen molar-refractivity contribution in [2.24, 2.45) is 0 Å². The summed E-state index contributed by atoms with van der Waals surface area (Å²) in [5.74, 6) is -0.616. The number of aromatic nitrogens is 2. The summed E-state index contributed by atoms with van der Waals surface area (Å²) in [5, 5.41) is 0.224. The first-order chi connectivity index (χ1) is 11.3. The van der Waals surface area contributed by atoms with E-state index in [2.05, 4.69) is 14.1 Å². The van der Waals surface area contributed by atoms with Crippen molar-refractivity contribution in [2.45, 2.75) is 4.21 Å².